The molecule has 1 heterocycles. The Morgan fingerprint density at radius 3 is 2.94 bits per heavy atom. The Kier molecular flexibility index (Phi) is 3.49. The third-order valence-electron chi connectivity index (χ3n) is 2.63. The maximum absolute atomic E-state index is 10.8. The van der Waals surface area contributed by atoms with Gasteiger partial charge >= 0.3 is 5.97 Å². The van der Waals surface area contributed by atoms with Crippen LogP contribution in [0.3, 0.4) is 0 Å². The largest absolute Gasteiger partial charge is 0.481 e. The summed E-state index contributed by atoms with van der Waals surface area (Å²) < 4.78 is 10.5. The summed E-state index contributed by atoms with van der Waals surface area (Å²) in [5.41, 5.74) is 0.901. The Hall–Kier alpha value is -1.75. The molecule has 1 aromatic rings. The number of aliphatic carboxylic acids is 1. The molecule has 2 rings (SSSR count). The second-order valence-corrected chi connectivity index (χ2v) is 3.82. The normalized spacial score (nSPS) is 14.6. The maximum Gasteiger partial charge on any atom is 0.305 e. The molecule has 1 atom stereocenters. The van der Waals surface area contributed by atoms with E-state index in [1.54, 1.807) is 0 Å². The third kappa shape index (κ3) is 2.68. The van der Waals surface area contributed by atoms with Gasteiger partial charge in [-0.25, -0.2) is 0 Å². The molecule has 0 spiro atoms. The zero-order chi connectivity index (χ0) is 12.3. The van der Waals surface area contributed by atoms with Gasteiger partial charge in [0.15, 0.2) is 11.5 Å². The van der Waals surface area contributed by atoms with E-state index in [-0.39, 0.29) is 19.3 Å². The number of hydrogen-bond donors (Lipinski definition) is 2. The van der Waals surface area contributed by atoms with Crippen LogP contribution in [0.1, 0.15) is 24.9 Å². The molecule has 0 aromatic heterocycles. The lowest BCUT2D eigenvalue weighted by atomic mass is 10.0. The average Bonchev–Trinajstić information content (AvgIpc) is 2.74. The lowest BCUT2D eigenvalue weighted by molar-refractivity contribution is -0.137. The van der Waals surface area contributed by atoms with E-state index in [2.05, 4.69) is 5.32 Å². The number of carbonyl (C=O) groups is 1. The lowest BCUT2D eigenvalue weighted by Crippen LogP contribution is -2.23. The maximum atomic E-state index is 10.8. The van der Waals surface area contributed by atoms with E-state index >= 15 is 0 Å². The SMILES string of the molecule is CCN[C@H](CC(=O)O)c1ccc2c(c1)OCO2. The molecular formula is C12H15NO4. The molecule has 5 heteroatoms. The summed E-state index contributed by atoms with van der Waals surface area (Å²) >= 11 is 0. The first kappa shape index (κ1) is 11.7. The fourth-order valence-corrected chi connectivity index (χ4v) is 1.86. The van der Waals surface area contributed by atoms with Gasteiger partial charge in [0.05, 0.1) is 6.42 Å². The number of rotatable bonds is 5. The monoisotopic (exact) mass is 237 g/mol. The first-order valence-corrected chi connectivity index (χ1v) is 5.55. The Bertz CT molecular complexity index is 419. The number of ether oxygens (including phenoxy) is 2. The summed E-state index contributed by atoms with van der Waals surface area (Å²) in [5, 5.41) is 12.0. The molecule has 0 radical (unpaired) electrons. The first-order chi connectivity index (χ1) is 8.20. The average molecular weight is 237 g/mol. The molecule has 5 nitrogen and oxygen atoms in total. The summed E-state index contributed by atoms with van der Waals surface area (Å²) in [5.74, 6) is 0.559. The predicted molar refractivity (Wildman–Crippen MR) is 61.2 cm³/mol. The Morgan fingerprint density at radius 1 is 1.47 bits per heavy atom. The fraction of sp³-hybridized carbons (Fsp3) is 0.417. The molecule has 1 aromatic carbocycles. The summed E-state index contributed by atoms with van der Waals surface area (Å²) in [6.07, 6.45) is 0.0491. The standard InChI is InChI=1S/C12H15NO4/c1-2-13-9(6-12(14)15)8-3-4-10-11(5-8)17-7-16-10/h3-5,9,13H,2,6-7H2,1H3,(H,14,15)/t9-/m1/s1. The van der Waals surface area contributed by atoms with E-state index in [0.29, 0.717) is 18.0 Å². The van der Waals surface area contributed by atoms with Gasteiger partial charge < -0.3 is 19.9 Å². The Balaban J connectivity index is 2.20. The summed E-state index contributed by atoms with van der Waals surface area (Å²) in [6.45, 7) is 2.89. The zero-order valence-electron chi connectivity index (χ0n) is 9.60. The van der Waals surface area contributed by atoms with Crippen molar-refractivity contribution in [3.05, 3.63) is 23.8 Å². The molecule has 2 N–H and O–H groups in total. The molecule has 1 aliphatic rings. The van der Waals surface area contributed by atoms with Crippen molar-refractivity contribution < 1.29 is 19.4 Å². The van der Waals surface area contributed by atoms with Gasteiger partial charge in [0.2, 0.25) is 6.79 Å². The molecule has 92 valence electrons. The molecule has 0 fully saturated rings. The van der Waals surface area contributed by atoms with E-state index in [4.69, 9.17) is 14.6 Å². The third-order valence-corrected chi connectivity index (χ3v) is 2.63. The van der Waals surface area contributed by atoms with Crippen molar-refractivity contribution in [3.63, 3.8) is 0 Å². The summed E-state index contributed by atoms with van der Waals surface area (Å²) in [4.78, 5) is 10.8. The highest BCUT2D eigenvalue weighted by molar-refractivity contribution is 5.68. The molecule has 0 amide bonds. The lowest BCUT2D eigenvalue weighted by Gasteiger charge is -2.16. The second kappa shape index (κ2) is 5.05. The van der Waals surface area contributed by atoms with Gasteiger partial charge in [-0.05, 0) is 24.2 Å². The Morgan fingerprint density at radius 2 is 2.24 bits per heavy atom. The minimum absolute atomic E-state index is 0.0491. The van der Waals surface area contributed by atoms with Gasteiger partial charge in [0.25, 0.3) is 0 Å². The fourth-order valence-electron chi connectivity index (χ4n) is 1.86. The smallest absolute Gasteiger partial charge is 0.305 e. The van der Waals surface area contributed by atoms with Gasteiger partial charge in [0, 0.05) is 6.04 Å². The molecule has 0 bridgehead atoms. The van der Waals surface area contributed by atoms with Crippen molar-refractivity contribution in [2.45, 2.75) is 19.4 Å². The summed E-state index contributed by atoms with van der Waals surface area (Å²) in [7, 11) is 0. The van der Waals surface area contributed by atoms with Crippen molar-refractivity contribution in [1.82, 2.24) is 5.32 Å². The van der Waals surface area contributed by atoms with E-state index in [9.17, 15) is 4.79 Å². The molecule has 0 saturated carbocycles. The van der Waals surface area contributed by atoms with Crippen molar-refractivity contribution in [2.75, 3.05) is 13.3 Å². The van der Waals surface area contributed by atoms with Crippen LogP contribution in [0.15, 0.2) is 18.2 Å². The van der Waals surface area contributed by atoms with Crippen LogP contribution in [-0.2, 0) is 4.79 Å². The summed E-state index contributed by atoms with van der Waals surface area (Å²) in [6, 6.07) is 5.30. The van der Waals surface area contributed by atoms with Crippen molar-refractivity contribution in [3.8, 4) is 11.5 Å². The van der Waals surface area contributed by atoms with Gasteiger partial charge in [0.1, 0.15) is 0 Å². The van der Waals surface area contributed by atoms with Crippen LogP contribution in [0, 0.1) is 0 Å². The van der Waals surface area contributed by atoms with Gasteiger partial charge in [-0.15, -0.1) is 0 Å². The van der Waals surface area contributed by atoms with Gasteiger partial charge in [-0.3, -0.25) is 4.79 Å². The number of carboxylic acid groups (broad SMARTS) is 1. The second-order valence-electron chi connectivity index (χ2n) is 3.82. The molecule has 17 heavy (non-hydrogen) atoms. The van der Waals surface area contributed by atoms with Crippen LogP contribution in [0.2, 0.25) is 0 Å². The highest BCUT2D eigenvalue weighted by Gasteiger charge is 2.19. The zero-order valence-corrected chi connectivity index (χ0v) is 9.60. The minimum atomic E-state index is -0.825. The van der Waals surface area contributed by atoms with Crippen LogP contribution in [0.4, 0.5) is 0 Å². The van der Waals surface area contributed by atoms with E-state index in [1.807, 2.05) is 25.1 Å². The van der Waals surface area contributed by atoms with Crippen molar-refractivity contribution in [2.24, 2.45) is 0 Å². The van der Waals surface area contributed by atoms with Crippen LogP contribution in [0.5, 0.6) is 11.5 Å². The highest BCUT2D eigenvalue weighted by Crippen LogP contribution is 2.34. The Labute approximate surface area is 99.3 Å². The number of fused-ring (bicyclic) bond motifs is 1. The van der Waals surface area contributed by atoms with Gasteiger partial charge in [-0.2, -0.15) is 0 Å². The molecule has 1 aliphatic heterocycles. The van der Waals surface area contributed by atoms with Gasteiger partial charge in [-0.1, -0.05) is 13.0 Å². The number of hydrogen-bond acceptors (Lipinski definition) is 4. The van der Waals surface area contributed by atoms with E-state index in [1.165, 1.54) is 0 Å². The minimum Gasteiger partial charge on any atom is -0.481 e. The van der Waals surface area contributed by atoms with Crippen LogP contribution < -0.4 is 14.8 Å². The first-order valence-electron chi connectivity index (χ1n) is 5.55. The van der Waals surface area contributed by atoms with E-state index in [0.717, 1.165) is 5.56 Å². The number of carboxylic acids is 1. The molecular weight excluding hydrogens is 222 g/mol. The quantitative estimate of drug-likeness (QED) is 0.813. The van der Waals surface area contributed by atoms with E-state index < -0.39 is 5.97 Å². The van der Waals surface area contributed by atoms with Crippen LogP contribution in [-0.4, -0.2) is 24.4 Å². The number of nitrogens with one attached hydrogen (secondary N) is 1. The van der Waals surface area contributed by atoms with Crippen molar-refractivity contribution in [1.29, 1.82) is 0 Å². The van der Waals surface area contributed by atoms with Crippen LogP contribution >= 0.6 is 0 Å². The topological polar surface area (TPSA) is 67.8 Å². The highest BCUT2D eigenvalue weighted by atomic mass is 16.7. The molecule has 0 saturated heterocycles. The molecule has 0 unspecified atom stereocenters. The predicted octanol–water partition coefficient (Wildman–Crippen LogP) is 1.54. The van der Waals surface area contributed by atoms with Crippen molar-refractivity contribution >= 4 is 5.97 Å². The number of benzene rings is 1. The molecule has 0 aliphatic carbocycles. The van der Waals surface area contributed by atoms with Crippen LogP contribution in [0.25, 0.3) is 0 Å².